The zero-order valence-corrected chi connectivity index (χ0v) is 24.9. The number of nitrogens with zero attached hydrogens (tertiary/aromatic N) is 3. The van der Waals surface area contributed by atoms with E-state index < -0.39 is 39.3 Å². The zero-order valence-electron chi connectivity index (χ0n) is 24.1. The summed E-state index contributed by atoms with van der Waals surface area (Å²) in [5.74, 6) is -0.00490. The summed E-state index contributed by atoms with van der Waals surface area (Å²) in [6.45, 7) is 4.47. The Morgan fingerprint density at radius 3 is 2.07 bits per heavy atom. The SMILES string of the molecule is CCNC(=O)C(C)N(Cc1ccc(OC)cc1)C(=O)CN(c1ccc(OC)cc1)S(=O)(=O)c1ccc(C)c([N+](=O)[O-])c1. The predicted octanol–water partition coefficient (Wildman–Crippen LogP) is 3.67. The number of nitro groups is 1. The largest absolute Gasteiger partial charge is 0.497 e. The van der Waals surface area contributed by atoms with E-state index in [1.165, 1.54) is 62.4 Å². The Hall–Kier alpha value is -4.65. The lowest BCUT2D eigenvalue weighted by Gasteiger charge is -2.32. The van der Waals surface area contributed by atoms with Gasteiger partial charge < -0.3 is 19.7 Å². The molecule has 42 heavy (non-hydrogen) atoms. The van der Waals surface area contributed by atoms with Gasteiger partial charge in [0, 0.05) is 24.7 Å². The molecule has 13 heteroatoms. The van der Waals surface area contributed by atoms with Crippen LogP contribution in [-0.2, 0) is 26.2 Å². The number of amides is 2. The number of methoxy groups -OCH3 is 2. The van der Waals surface area contributed by atoms with Crippen molar-refractivity contribution >= 4 is 33.2 Å². The number of rotatable bonds is 13. The molecule has 0 aliphatic carbocycles. The highest BCUT2D eigenvalue weighted by atomic mass is 32.2. The van der Waals surface area contributed by atoms with Gasteiger partial charge in [-0.05, 0) is 68.8 Å². The number of ether oxygens (including phenoxy) is 2. The first-order valence-corrected chi connectivity index (χ1v) is 14.5. The number of aryl methyl sites for hydroxylation is 1. The lowest BCUT2D eigenvalue weighted by atomic mass is 10.1. The summed E-state index contributed by atoms with van der Waals surface area (Å²) in [7, 11) is -1.51. The van der Waals surface area contributed by atoms with Crippen LogP contribution in [-0.4, -0.2) is 63.4 Å². The topological polar surface area (TPSA) is 148 Å². The molecule has 0 heterocycles. The maximum Gasteiger partial charge on any atom is 0.273 e. The van der Waals surface area contributed by atoms with Gasteiger partial charge in [0.05, 0.1) is 29.7 Å². The Kier molecular flexibility index (Phi) is 10.5. The summed E-state index contributed by atoms with van der Waals surface area (Å²) in [5.41, 5.74) is 0.728. The van der Waals surface area contributed by atoms with Gasteiger partial charge in [-0.3, -0.25) is 24.0 Å². The number of nitrogens with one attached hydrogen (secondary N) is 1. The molecule has 12 nitrogen and oxygen atoms in total. The van der Waals surface area contributed by atoms with Gasteiger partial charge in [-0.1, -0.05) is 18.2 Å². The van der Waals surface area contributed by atoms with Crippen LogP contribution >= 0.6 is 0 Å². The van der Waals surface area contributed by atoms with Crippen LogP contribution in [0.3, 0.4) is 0 Å². The Morgan fingerprint density at radius 2 is 1.55 bits per heavy atom. The minimum atomic E-state index is -4.49. The molecule has 3 aromatic carbocycles. The van der Waals surface area contributed by atoms with Crippen molar-refractivity contribution in [3.63, 3.8) is 0 Å². The second-order valence-corrected chi connectivity index (χ2v) is 11.2. The molecule has 0 aliphatic rings. The molecule has 0 spiro atoms. The lowest BCUT2D eigenvalue weighted by molar-refractivity contribution is -0.385. The Morgan fingerprint density at radius 1 is 0.976 bits per heavy atom. The van der Waals surface area contributed by atoms with E-state index in [2.05, 4.69) is 5.32 Å². The number of hydrogen-bond donors (Lipinski definition) is 1. The van der Waals surface area contributed by atoms with Crippen molar-refractivity contribution in [1.29, 1.82) is 0 Å². The van der Waals surface area contributed by atoms with E-state index in [0.29, 0.717) is 23.6 Å². The number of anilines is 1. The first-order valence-electron chi connectivity index (χ1n) is 13.0. The fourth-order valence-corrected chi connectivity index (χ4v) is 5.62. The molecule has 1 unspecified atom stereocenters. The summed E-state index contributed by atoms with van der Waals surface area (Å²) in [6, 6.07) is 15.5. The van der Waals surface area contributed by atoms with E-state index in [1.807, 2.05) is 0 Å². The first-order chi connectivity index (χ1) is 19.9. The maximum atomic E-state index is 14.0. The van der Waals surface area contributed by atoms with Crippen LogP contribution in [0.25, 0.3) is 0 Å². The first kappa shape index (κ1) is 31.9. The highest BCUT2D eigenvalue weighted by molar-refractivity contribution is 7.92. The molecule has 3 aromatic rings. The molecule has 0 saturated carbocycles. The third kappa shape index (κ3) is 7.35. The van der Waals surface area contributed by atoms with Crippen LogP contribution < -0.4 is 19.1 Å². The smallest absolute Gasteiger partial charge is 0.273 e. The van der Waals surface area contributed by atoms with Crippen molar-refractivity contribution in [2.75, 3.05) is 31.6 Å². The number of hydrogen-bond acceptors (Lipinski definition) is 8. The highest BCUT2D eigenvalue weighted by Crippen LogP contribution is 2.29. The number of nitro benzene ring substituents is 1. The van der Waals surface area contributed by atoms with Crippen LogP contribution in [0, 0.1) is 17.0 Å². The zero-order chi connectivity index (χ0) is 31.0. The average molecular weight is 599 g/mol. The summed E-state index contributed by atoms with van der Waals surface area (Å²) in [6.07, 6.45) is 0. The Bertz CT molecular complexity index is 1530. The molecule has 1 N–H and O–H groups in total. The minimum absolute atomic E-state index is 0.00757. The van der Waals surface area contributed by atoms with Crippen molar-refractivity contribution in [2.24, 2.45) is 0 Å². The third-order valence-corrected chi connectivity index (χ3v) is 8.40. The molecule has 0 radical (unpaired) electrons. The number of carbonyl (C=O) groups is 2. The maximum absolute atomic E-state index is 14.0. The van der Waals surface area contributed by atoms with E-state index in [9.17, 15) is 28.1 Å². The second kappa shape index (κ2) is 13.8. The highest BCUT2D eigenvalue weighted by Gasteiger charge is 2.33. The van der Waals surface area contributed by atoms with Gasteiger partial charge in [0.25, 0.3) is 15.7 Å². The molecule has 3 rings (SSSR count). The summed E-state index contributed by atoms with van der Waals surface area (Å²) in [4.78, 5) is 38.6. The van der Waals surface area contributed by atoms with Crippen molar-refractivity contribution in [3.8, 4) is 11.5 Å². The second-order valence-electron chi connectivity index (χ2n) is 9.36. The molecular weight excluding hydrogens is 564 g/mol. The Labute approximate surface area is 245 Å². The summed E-state index contributed by atoms with van der Waals surface area (Å²) >= 11 is 0. The molecule has 0 saturated heterocycles. The molecule has 0 aromatic heterocycles. The van der Waals surface area contributed by atoms with Crippen molar-refractivity contribution < 1.29 is 32.4 Å². The van der Waals surface area contributed by atoms with E-state index in [-0.39, 0.29) is 28.4 Å². The van der Waals surface area contributed by atoms with Crippen LogP contribution in [0.4, 0.5) is 11.4 Å². The van der Waals surface area contributed by atoms with Gasteiger partial charge in [0.15, 0.2) is 0 Å². The quantitative estimate of drug-likeness (QED) is 0.231. The Balaban J connectivity index is 2.08. The van der Waals surface area contributed by atoms with Crippen LogP contribution in [0.5, 0.6) is 11.5 Å². The third-order valence-electron chi connectivity index (χ3n) is 6.63. The predicted molar refractivity (Wildman–Crippen MR) is 157 cm³/mol. The van der Waals surface area contributed by atoms with Crippen molar-refractivity contribution in [3.05, 3.63) is 88.0 Å². The molecule has 0 fully saturated rings. The van der Waals surface area contributed by atoms with Crippen molar-refractivity contribution in [2.45, 2.75) is 38.3 Å². The molecular formula is C29H34N4O8S. The minimum Gasteiger partial charge on any atom is -0.497 e. The van der Waals surface area contributed by atoms with E-state index in [4.69, 9.17) is 9.47 Å². The summed E-state index contributed by atoms with van der Waals surface area (Å²) in [5, 5.41) is 14.3. The monoisotopic (exact) mass is 598 g/mol. The molecule has 0 aliphatic heterocycles. The van der Waals surface area contributed by atoms with E-state index in [0.717, 1.165) is 10.4 Å². The molecule has 2 amide bonds. The lowest BCUT2D eigenvalue weighted by Crippen LogP contribution is -2.51. The molecule has 0 bridgehead atoms. The number of carbonyl (C=O) groups excluding carboxylic acids is 2. The fourth-order valence-electron chi connectivity index (χ4n) is 4.18. The van der Waals surface area contributed by atoms with Gasteiger partial charge in [-0.25, -0.2) is 8.42 Å². The summed E-state index contributed by atoms with van der Waals surface area (Å²) < 4.78 is 39.2. The average Bonchev–Trinajstić information content (AvgIpc) is 2.98. The number of benzene rings is 3. The number of sulfonamides is 1. The van der Waals surface area contributed by atoms with E-state index >= 15 is 0 Å². The fraction of sp³-hybridized carbons (Fsp3) is 0.310. The van der Waals surface area contributed by atoms with Gasteiger partial charge in [0.2, 0.25) is 11.8 Å². The molecule has 1 atom stereocenters. The van der Waals surface area contributed by atoms with Gasteiger partial charge in [-0.15, -0.1) is 0 Å². The molecule has 224 valence electrons. The van der Waals surface area contributed by atoms with Gasteiger partial charge in [0.1, 0.15) is 24.1 Å². The number of likely N-dealkylation sites (N-methyl/N-ethyl adjacent to an activating group) is 1. The standard InChI is InChI=1S/C29H34N4O8S/c1-6-30-29(35)21(3)31(18-22-8-12-24(40-4)13-9-22)28(34)19-32(23-10-14-25(41-5)15-11-23)42(38,39)26-16-7-20(2)27(17-26)33(36)37/h7-17,21H,6,18-19H2,1-5H3,(H,30,35). The van der Waals surface area contributed by atoms with E-state index in [1.54, 1.807) is 38.1 Å². The van der Waals surface area contributed by atoms with Crippen LogP contribution in [0.2, 0.25) is 0 Å². The van der Waals surface area contributed by atoms with Gasteiger partial charge >= 0.3 is 0 Å². The van der Waals surface area contributed by atoms with Crippen molar-refractivity contribution in [1.82, 2.24) is 10.2 Å². The van der Waals surface area contributed by atoms with Crippen LogP contribution in [0.1, 0.15) is 25.0 Å². The normalized spacial score (nSPS) is 11.7. The van der Waals surface area contributed by atoms with Gasteiger partial charge in [-0.2, -0.15) is 0 Å². The van der Waals surface area contributed by atoms with Crippen LogP contribution in [0.15, 0.2) is 71.6 Å².